The molecule has 0 bridgehead atoms. The topological polar surface area (TPSA) is 41.6 Å². The van der Waals surface area contributed by atoms with Gasteiger partial charge < -0.3 is 4.98 Å². The normalized spacial score (nSPS) is 10.3. The average molecular weight is 194 g/mol. The number of nitrogens with zero attached hydrogens (tertiary/aromatic N) is 2. The van der Waals surface area contributed by atoms with Crippen molar-refractivity contribution in [2.75, 3.05) is 0 Å². The smallest absolute Gasteiger partial charge is 0.133 e. The Morgan fingerprint density at radius 3 is 2.85 bits per heavy atom. The first-order valence-corrected chi connectivity index (χ1v) is 4.28. The molecule has 13 heavy (non-hydrogen) atoms. The lowest BCUT2D eigenvalue weighted by atomic mass is 10.3. The van der Waals surface area contributed by atoms with Crippen LogP contribution in [0.5, 0.6) is 0 Å². The maximum absolute atomic E-state index is 5.80. The van der Waals surface area contributed by atoms with Crippen molar-refractivity contribution in [1.29, 1.82) is 0 Å². The van der Waals surface area contributed by atoms with Crippen LogP contribution in [0.25, 0.3) is 11.4 Å². The number of hydrogen-bond donors (Lipinski definition) is 1. The van der Waals surface area contributed by atoms with E-state index in [1.165, 1.54) is 0 Å². The molecular weight excluding hydrogens is 186 g/mol. The van der Waals surface area contributed by atoms with E-state index < -0.39 is 0 Å². The number of nitrogens with one attached hydrogen (secondary N) is 1. The summed E-state index contributed by atoms with van der Waals surface area (Å²) < 4.78 is 0. The zero-order valence-electron chi connectivity index (χ0n) is 7.08. The van der Waals surface area contributed by atoms with Crippen LogP contribution in [0.2, 0.25) is 5.15 Å². The third-order valence-corrected chi connectivity index (χ3v) is 1.87. The van der Waals surface area contributed by atoms with Gasteiger partial charge in [-0.05, 0) is 19.1 Å². The molecule has 0 fully saturated rings. The molecule has 2 aromatic rings. The highest BCUT2D eigenvalue weighted by Gasteiger charge is 2.02. The minimum absolute atomic E-state index is 0.470. The second-order valence-corrected chi connectivity index (χ2v) is 3.09. The largest absolute Gasteiger partial charge is 0.360 e. The molecule has 1 N–H and O–H groups in total. The van der Waals surface area contributed by atoms with Crippen LogP contribution >= 0.6 is 11.6 Å². The van der Waals surface area contributed by atoms with E-state index >= 15 is 0 Å². The predicted molar refractivity (Wildman–Crippen MR) is 51.6 cm³/mol. The van der Waals surface area contributed by atoms with Gasteiger partial charge >= 0.3 is 0 Å². The summed E-state index contributed by atoms with van der Waals surface area (Å²) in [6.45, 7) is 1.82. The second-order valence-electron chi connectivity index (χ2n) is 2.71. The number of H-pyrrole nitrogens is 1. The monoisotopic (exact) mass is 193 g/mol. The van der Waals surface area contributed by atoms with Crippen LogP contribution in [0.15, 0.2) is 24.4 Å². The Morgan fingerprint density at radius 2 is 2.23 bits per heavy atom. The van der Waals surface area contributed by atoms with Crippen LogP contribution in [0.1, 0.15) is 5.82 Å². The van der Waals surface area contributed by atoms with Crippen molar-refractivity contribution in [3.8, 4) is 11.4 Å². The first-order chi connectivity index (χ1) is 6.25. The predicted octanol–water partition coefficient (Wildman–Crippen LogP) is 2.43. The molecule has 4 heteroatoms. The molecule has 0 radical (unpaired) electrons. The van der Waals surface area contributed by atoms with Crippen LogP contribution in [-0.4, -0.2) is 15.0 Å². The van der Waals surface area contributed by atoms with Crippen molar-refractivity contribution in [3.63, 3.8) is 0 Å². The Labute approximate surface area is 80.8 Å². The van der Waals surface area contributed by atoms with Gasteiger partial charge in [0.2, 0.25) is 0 Å². The SMILES string of the molecule is Cc1nc(Cl)cc(-c2ccc[nH]2)n1. The molecule has 3 nitrogen and oxygen atoms in total. The number of hydrogen-bond acceptors (Lipinski definition) is 2. The Bertz CT molecular complexity index is 389. The minimum atomic E-state index is 0.470. The van der Waals surface area contributed by atoms with E-state index in [2.05, 4.69) is 15.0 Å². The van der Waals surface area contributed by atoms with Crippen LogP contribution in [0.3, 0.4) is 0 Å². The van der Waals surface area contributed by atoms with E-state index in [1.54, 1.807) is 6.07 Å². The summed E-state index contributed by atoms with van der Waals surface area (Å²) >= 11 is 5.80. The summed E-state index contributed by atoms with van der Waals surface area (Å²) in [5.74, 6) is 0.678. The highest BCUT2D eigenvalue weighted by Crippen LogP contribution is 2.17. The van der Waals surface area contributed by atoms with Gasteiger partial charge in [0.1, 0.15) is 11.0 Å². The van der Waals surface area contributed by atoms with Gasteiger partial charge in [0.05, 0.1) is 11.4 Å². The molecule has 2 rings (SSSR count). The van der Waals surface area contributed by atoms with Crippen molar-refractivity contribution >= 4 is 11.6 Å². The maximum atomic E-state index is 5.80. The van der Waals surface area contributed by atoms with Crippen LogP contribution in [0, 0.1) is 6.92 Å². The van der Waals surface area contributed by atoms with E-state index in [0.29, 0.717) is 11.0 Å². The van der Waals surface area contributed by atoms with Crippen molar-refractivity contribution in [3.05, 3.63) is 35.4 Å². The van der Waals surface area contributed by atoms with E-state index in [0.717, 1.165) is 11.4 Å². The third kappa shape index (κ3) is 1.70. The molecule has 0 atom stereocenters. The molecule has 0 spiro atoms. The molecule has 0 aliphatic rings. The molecule has 0 aromatic carbocycles. The van der Waals surface area contributed by atoms with Crippen molar-refractivity contribution < 1.29 is 0 Å². The molecule has 0 aliphatic carbocycles. The number of rotatable bonds is 1. The van der Waals surface area contributed by atoms with Crippen molar-refractivity contribution in [2.45, 2.75) is 6.92 Å². The summed E-state index contributed by atoms with van der Waals surface area (Å²) in [5, 5.41) is 0.470. The molecule has 0 unspecified atom stereocenters. The number of aryl methyl sites for hydroxylation is 1. The van der Waals surface area contributed by atoms with E-state index in [4.69, 9.17) is 11.6 Å². The fourth-order valence-corrected chi connectivity index (χ4v) is 1.38. The van der Waals surface area contributed by atoms with E-state index in [-0.39, 0.29) is 0 Å². The lowest BCUT2D eigenvalue weighted by Gasteiger charge is -1.99. The minimum Gasteiger partial charge on any atom is -0.360 e. The van der Waals surface area contributed by atoms with Gasteiger partial charge in [-0.15, -0.1) is 0 Å². The van der Waals surface area contributed by atoms with Gasteiger partial charge in [0.25, 0.3) is 0 Å². The molecule has 2 aromatic heterocycles. The van der Waals surface area contributed by atoms with Crippen molar-refractivity contribution in [2.24, 2.45) is 0 Å². The van der Waals surface area contributed by atoms with E-state index in [1.807, 2.05) is 25.3 Å². The van der Waals surface area contributed by atoms with Gasteiger partial charge in [-0.3, -0.25) is 0 Å². The standard InChI is InChI=1S/C9H8ClN3/c1-6-12-8(5-9(10)13-6)7-3-2-4-11-7/h2-5,11H,1H3. The average Bonchev–Trinajstić information content (AvgIpc) is 2.53. The molecule has 0 saturated carbocycles. The first-order valence-electron chi connectivity index (χ1n) is 3.90. The zero-order valence-corrected chi connectivity index (χ0v) is 7.84. The summed E-state index contributed by atoms with van der Waals surface area (Å²) in [7, 11) is 0. The number of aromatic nitrogens is 3. The van der Waals surface area contributed by atoms with Gasteiger partial charge in [0.15, 0.2) is 0 Å². The molecule has 0 aliphatic heterocycles. The zero-order chi connectivity index (χ0) is 9.26. The summed E-state index contributed by atoms with van der Waals surface area (Å²) in [5.41, 5.74) is 1.77. The molecule has 66 valence electrons. The molecule has 0 saturated heterocycles. The van der Waals surface area contributed by atoms with Crippen LogP contribution in [-0.2, 0) is 0 Å². The first kappa shape index (κ1) is 8.26. The molecule has 2 heterocycles. The van der Waals surface area contributed by atoms with Gasteiger partial charge in [-0.1, -0.05) is 11.6 Å². The Hall–Kier alpha value is -1.35. The van der Waals surface area contributed by atoms with Crippen molar-refractivity contribution in [1.82, 2.24) is 15.0 Å². The Balaban J connectivity index is 2.53. The van der Waals surface area contributed by atoms with E-state index in [9.17, 15) is 0 Å². The third-order valence-electron chi connectivity index (χ3n) is 1.68. The number of aromatic amines is 1. The second kappa shape index (κ2) is 3.18. The molecular formula is C9H8ClN3. The highest BCUT2D eigenvalue weighted by atomic mass is 35.5. The fourth-order valence-electron chi connectivity index (χ4n) is 1.16. The van der Waals surface area contributed by atoms with Gasteiger partial charge in [0, 0.05) is 12.3 Å². The maximum Gasteiger partial charge on any atom is 0.133 e. The Kier molecular flexibility index (Phi) is 2.02. The van der Waals surface area contributed by atoms with Crippen LogP contribution in [0.4, 0.5) is 0 Å². The van der Waals surface area contributed by atoms with Gasteiger partial charge in [-0.25, -0.2) is 9.97 Å². The van der Waals surface area contributed by atoms with Gasteiger partial charge in [-0.2, -0.15) is 0 Å². The fraction of sp³-hybridized carbons (Fsp3) is 0.111. The lowest BCUT2D eigenvalue weighted by Crippen LogP contribution is -1.91. The summed E-state index contributed by atoms with van der Waals surface area (Å²) in [6.07, 6.45) is 1.85. The lowest BCUT2D eigenvalue weighted by molar-refractivity contribution is 1.05. The highest BCUT2D eigenvalue weighted by molar-refractivity contribution is 6.29. The summed E-state index contributed by atoms with van der Waals surface area (Å²) in [4.78, 5) is 11.3. The van der Waals surface area contributed by atoms with Crippen LogP contribution < -0.4 is 0 Å². The summed E-state index contributed by atoms with van der Waals surface area (Å²) in [6, 6.07) is 5.60. The number of halogens is 1. The Morgan fingerprint density at radius 1 is 1.38 bits per heavy atom. The molecule has 0 amide bonds. The quantitative estimate of drug-likeness (QED) is 0.707.